The fourth-order valence-corrected chi connectivity index (χ4v) is 1.66. The third-order valence-electron chi connectivity index (χ3n) is 2.97. The Morgan fingerprint density at radius 3 is 2.37 bits per heavy atom. The largest absolute Gasteiger partial charge is 0.447 e. The monoisotopic (exact) mass is 261 g/mol. The van der Waals surface area contributed by atoms with Gasteiger partial charge in [-0.2, -0.15) is 0 Å². The van der Waals surface area contributed by atoms with Crippen LogP contribution >= 0.6 is 0 Å². The Kier molecular flexibility index (Phi) is 4.20. The molecule has 1 atom stereocenters. The van der Waals surface area contributed by atoms with Crippen LogP contribution in [0, 0.1) is 5.92 Å². The van der Waals surface area contributed by atoms with Gasteiger partial charge in [0.1, 0.15) is 0 Å². The molecule has 1 N–H and O–H groups in total. The second-order valence-electron chi connectivity index (χ2n) is 5.17. The number of amides is 1. The molecule has 1 aliphatic carbocycles. The Bertz CT molecular complexity index is 452. The van der Waals surface area contributed by atoms with E-state index in [9.17, 15) is 9.59 Å². The topological polar surface area (TPSA) is 55.4 Å². The van der Waals surface area contributed by atoms with Crippen LogP contribution in [0.2, 0.25) is 0 Å². The number of nitrogens with one attached hydrogen (secondary N) is 1. The molecule has 1 aliphatic rings. The maximum absolute atomic E-state index is 12.2. The molecule has 0 unspecified atom stereocenters. The summed E-state index contributed by atoms with van der Waals surface area (Å²) in [5, 5.41) is 2.88. The van der Waals surface area contributed by atoms with Crippen molar-refractivity contribution in [3.8, 4) is 0 Å². The fraction of sp³-hybridized carbons (Fsp3) is 0.467. The van der Waals surface area contributed by atoms with Gasteiger partial charge >= 0.3 is 5.97 Å². The molecule has 4 nitrogen and oxygen atoms in total. The summed E-state index contributed by atoms with van der Waals surface area (Å²) in [6, 6.07) is 9.36. The molecule has 0 spiro atoms. The molecule has 4 heteroatoms. The molecule has 102 valence electrons. The quantitative estimate of drug-likeness (QED) is 0.827. The lowest BCUT2D eigenvalue weighted by molar-refractivity contribution is -0.159. The average molecular weight is 261 g/mol. The maximum Gasteiger partial charge on any atom is 0.309 e. The van der Waals surface area contributed by atoms with E-state index >= 15 is 0 Å². The lowest BCUT2D eigenvalue weighted by Gasteiger charge is -2.19. The Morgan fingerprint density at radius 1 is 1.21 bits per heavy atom. The zero-order valence-electron chi connectivity index (χ0n) is 11.3. The Morgan fingerprint density at radius 2 is 1.84 bits per heavy atom. The highest BCUT2D eigenvalue weighted by Crippen LogP contribution is 2.23. The minimum absolute atomic E-state index is 0.234. The van der Waals surface area contributed by atoms with Crippen molar-refractivity contribution in [2.24, 2.45) is 5.92 Å². The first-order chi connectivity index (χ1) is 9.08. The summed E-state index contributed by atoms with van der Waals surface area (Å²) < 4.78 is 5.34. The van der Waals surface area contributed by atoms with Crippen molar-refractivity contribution in [2.75, 3.05) is 0 Å². The van der Waals surface area contributed by atoms with Crippen LogP contribution < -0.4 is 5.32 Å². The van der Waals surface area contributed by atoms with Crippen LogP contribution in [0.25, 0.3) is 0 Å². The van der Waals surface area contributed by atoms with E-state index in [0.717, 1.165) is 12.8 Å². The summed E-state index contributed by atoms with van der Waals surface area (Å²) in [5.74, 6) is -0.845. The van der Waals surface area contributed by atoms with E-state index in [1.807, 2.05) is 18.2 Å². The van der Waals surface area contributed by atoms with E-state index < -0.39 is 6.10 Å². The highest BCUT2D eigenvalue weighted by Gasteiger charge is 2.31. The van der Waals surface area contributed by atoms with Crippen LogP contribution in [-0.4, -0.2) is 17.9 Å². The van der Waals surface area contributed by atoms with Gasteiger partial charge in [-0.1, -0.05) is 44.2 Å². The molecule has 1 aromatic rings. The van der Waals surface area contributed by atoms with Crippen molar-refractivity contribution in [3.05, 3.63) is 35.9 Å². The molecule has 0 aromatic heterocycles. The first kappa shape index (κ1) is 13.6. The molecule has 0 bridgehead atoms. The molecule has 19 heavy (non-hydrogen) atoms. The van der Waals surface area contributed by atoms with Gasteiger partial charge in [0.05, 0.1) is 5.92 Å². The summed E-state index contributed by atoms with van der Waals surface area (Å²) in [5.41, 5.74) is 0.703. The first-order valence-corrected chi connectivity index (χ1v) is 6.63. The van der Waals surface area contributed by atoms with Crippen molar-refractivity contribution in [1.29, 1.82) is 0 Å². The summed E-state index contributed by atoms with van der Waals surface area (Å²) in [6.07, 6.45) is 1.16. The molecule has 0 aliphatic heterocycles. The van der Waals surface area contributed by atoms with Gasteiger partial charge in [0.15, 0.2) is 0 Å². The van der Waals surface area contributed by atoms with E-state index in [4.69, 9.17) is 4.74 Å². The average Bonchev–Trinajstić information content (AvgIpc) is 3.20. The zero-order valence-corrected chi connectivity index (χ0v) is 11.3. The normalized spacial score (nSPS) is 15.9. The van der Waals surface area contributed by atoms with Crippen molar-refractivity contribution < 1.29 is 14.3 Å². The van der Waals surface area contributed by atoms with Crippen LogP contribution in [0.4, 0.5) is 0 Å². The number of ether oxygens (including phenoxy) is 1. The van der Waals surface area contributed by atoms with E-state index in [1.54, 1.807) is 26.0 Å². The van der Waals surface area contributed by atoms with Gasteiger partial charge in [-0.3, -0.25) is 9.59 Å². The van der Waals surface area contributed by atoms with Gasteiger partial charge in [-0.05, 0) is 12.8 Å². The first-order valence-electron chi connectivity index (χ1n) is 6.63. The summed E-state index contributed by atoms with van der Waals surface area (Å²) in [4.78, 5) is 23.9. The van der Waals surface area contributed by atoms with E-state index in [-0.39, 0.29) is 23.8 Å². The second kappa shape index (κ2) is 5.87. The smallest absolute Gasteiger partial charge is 0.309 e. The molecule has 1 aromatic carbocycles. The SMILES string of the molecule is CC(C)C(=O)O[C@@H](C(=O)NC1CC1)c1ccccc1. The Hall–Kier alpha value is -1.84. The number of hydrogen-bond donors (Lipinski definition) is 1. The van der Waals surface area contributed by atoms with Gasteiger partial charge in [0.2, 0.25) is 6.10 Å². The summed E-state index contributed by atoms with van der Waals surface area (Å²) in [6.45, 7) is 3.51. The summed E-state index contributed by atoms with van der Waals surface area (Å²) in [7, 11) is 0. The van der Waals surface area contributed by atoms with Gasteiger partial charge in [-0.15, -0.1) is 0 Å². The van der Waals surface area contributed by atoms with Gasteiger partial charge in [0, 0.05) is 11.6 Å². The molecule has 1 amide bonds. The highest BCUT2D eigenvalue weighted by atomic mass is 16.5. The predicted octanol–water partition coefficient (Wildman–Crippen LogP) is 2.21. The van der Waals surface area contributed by atoms with E-state index in [1.165, 1.54) is 0 Å². The highest BCUT2D eigenvalue weighted by molar-refractivity contribution is 5.85. The predicted molar refractivity (Wildman–Crippen MR) is 71.3 cm³/mol. The van der Waals surface area contributed by atoms with Crippen molar-refractivity contribution >= 4 is 11.9 Å². The Balaban J connectivity index is 2.12. The number of rotatable bonds is 5. The lowest BCUT2D eigenvalue weighted by Crippen LogP contribution is -2.34. The van der Waals surface area contributed by atoms with E-state index in [0.29, 0.717) is 5.56 Å². The molecular weight excluding hydrogens is 242 g/mol. The summed E-state index contributed by atoms with van der Waals surface area (Å²) >= 11 is 0. The van der Waals surface area contributed by atoms with Crippen LogP contribution in [0.15, 0.2) is 30.3 Å². The van der Waals surface area contributed by atoms with Crippen molar-refractivity contribution in [2.45, 2.75) is 38.8 Å². The Labute approximate surface area is 113 Å². The number of carbonyl (C=O) groups excluding carboxylic acids is 2. The number of hydrogen-bond acceptors (Lipinski definition) is 3. The molecular formula is C15H19NO3. The standard InChI is InChI=1S/C15H19NO3/c1-10(2)15(18)19-13(11-6-4-3-5-7-11)14(17)16-12-8-9-12/h3-7,10,12-13H,8-9H2,1-2H3,(H,16,17)/t13-/m1/s1. The molecule has 0 saturated heterocycles. The lowest BCUT2D eigenvalue weighted by atomic mass is 10.1. The zero-order chi connectivity index (χ0) is 13.8. The van der Waals surface area contributed by atoms with Gasteiger partial charge < -0.3 is 10.1 Å². The third kappa shape index (κ3) is 3.81. The van der Waals surface area contributed by atoms with Gasteiger partial charge in [-0.25, -0.2) is 0 Å². The van der Waals surface area contributed by atoms with E-state index in [2.05, 4.69) is 5.32 Å². The minimum Gasteiger partial charge on any atom is -0.447 e. The van der Waals surface area contributed by atoms with Crippen molar-refractivity contribution in [1.82, 2.24) is 5.32 Å². The van der Waals surface area contributed by atoms with Crippen LogP contribution in [0.3, 0.4) is 0 Å². The molecule has 0 heterocycles. The minimum atomic E-state index is -0.850. The molecule has 1 saturated carbocycles. The third-order valence-corrected chi connectivity index (χ3v) is 2.97. The number of benzene rings is 1. The number of carbonyl (C=O) groups is 2. The molecule has 2 rings (SSSR count). The fourth-order valence-electron chi connectivity index (χ4n) is 1.66. The second-order valence-corrected chi connectivity index (χ2v) is 5.17. The van der Waals surface area contributed by atoms with Crippen LogP contribution in [-0.2, 0) is 14.3 Å². The van der Waals surface area contributed by atoms with Crippen molar-refractivity contribution in [3.63, 3.8) is 0 Å². The molecule has 0 radical (unpaired) electrons. The number of esters is 1. The van der Waals surface area contributed by atoms with Gasteiger partial charge in [0.25, 0.3) is 5.91 Å². The van der Waals surface area contributed by atoms with Crippen LogP contribution in [0.5, 0.6) is 0 Å². The molecule has 1 fully saturated rings. The maximum atomic E-state index is 12.2. The van der Waals surface area contributed by atoms with Crippen LogP contribution in [0.1, 0.15) is 38.4 Å².